The first kappa shape index (κ1) is 13.1. The molecule has 0 aromatic heterocycles. The maximum Gasteiger partial charge on any atom is 0.338 e. The summed E-state index contributed by atoms with van der Waals surface area (Å²) < 4.78 is 5.22. The third-order valence-electron chi connectivity index (χ3n) is 3.38. The van der Waals surface area contributed by atoms with E-state index in [0.717, 1.165) is 6.54 Å². The fraction of sp³-hybridized carbons (Fsp3) is 0.533. The first-order valence-corrected chi connectivity index (χ1v) is 6.82. The summed E-state index contributed by atoms with van der Waals surface area (Å²) in [7, 11) is 0. The molecule has 1 N–H and O–H groups in total. The molecule has 1 aromatic rings. The zero-order chi connectivity index (χ0) is 12.6. The number of rotatable bonds is 5. The van der Waals surface area contributed by atoms with Gasteiger partial charge in [0.15, 0.2) is 0 Å². The van der Waals surface area contributed by atoms with Crippen LogP contribution in [0.3, 0.4) is 0 Å². The molecule has 1 aliphatic rings. The van der Waals surface area contributed by atoms with Crippen molar-refractivity contribution in [2.45, 2.75) is 38.1 Å². The molecule has 18 heavy (non-hydrogen) atoms. The summed E-state index contributed by atoms with van der Waals surface area (Å²) in [6.07, 6.45) is 6.52. The highest BCUT2D eigenvalue weighted by Gasteiger charge is 2.12. The first-order chi connectivity index (χ1) is 8.86. The highest BCUT2D eigenvalue weighted by molar-refractivity contribution is 5.89. The molecule has 3 nitrogen and oxygen atoms in total. The van der Waals surface area contributed by atoms with E-state index in [0.29, 0.717) is 18.2 Å². The Bertz CT molecular complexity index is 358. The molecule has 0 bridgehead atoms. The largest absolute Gasteiger partial charge is 0.461 e. The van der Waals surface area contributed by atoms with Gasteiger partial charge in [0.2, 0.25) is 0 Å². The molecule has 2 rings (SSSR count). The predicted molar refractivity (Wildman–Crippen MR) is 71.6 cm³/mol. The minimum atomic E-state index is -0.235. The topological polar surface area (TPSA) is 38.3 Å². The van der Waals surface area contributed by atoms with Crippen LogP contribution < -0.4 is 5.32 Å². The average molecular weight is 247 g/mol. The summed E-state index contributed by atoms with van der Waals surface area (Å²) in [5.41, 5.74) is 0.621. The molecule has 0 unspecified atom stereocenters. The second-order valence-corrected chi connectivity index (χ2v) is 4.79. The van der Waals surface area contributed by atoms with Gasteiger partial charge in [0, 0.05) is 12.6 Å². The normalized spacial score (nSPS) is 16.4. The van der Waals surface area contributed by atoms with Crippen LogP contribution in [0.25, 0.3) is 0 Å². The van der Waals surface area contributed by atoms with Gasteiger partial charge < -0.3 is 10.1 Å². The molecule has 1 fully saturated rings. The number of esters is 1. The molecule has 0 amide bonds. The van der Waals surface area contributed by atoms with E-state index in [9.17, 15) is 4.79 Å². The van der Waals surface area contributed by atoms with Crippen LogP contribution in [0.15, 0.2) is 30.3 Å². The minimum Gasteiger partial charge on any atom is -0.461 e. The molecule has 3 heteroatoms. The van der Waals surface area contributed by atoms with Crippen molar-refractivity contribution < 1.29 is 9.53 Å². The Morgan fingerprint density at radius 2 is 1.89 bits per heavy atom. The van der Waals surface area contributed by atoms with Gasteiger partial charge >= 0.3 is 5.97 Å². The van der Waals surface area contributed by atoms with E-state index in [1.807, 2.05) is 18.2 Å². The van der Waals surface area contributed by atoms with E-state index in [1.165, 1.54) is 32.1 Å². The van der Waals surface area contributed by atoms with Crippen molar-refractivity contribution in [3.05, 3.63) is 35.9 Å². The molecule has 1 saturated carbocycles. The van der Waals surface area contributed by atoms with Crippen molar-refractivity contribution in [3.63, 3.8) is 0 Å². The Balaban J connectivity index is 1.62. The number of carbonyl (C=O) groups is 1. The van der Waals surface area contributed by atoms with E-state index in [4.69, 9.17) is 4.74 Å². The Hall–Kier alpha value is -1.35. The van der Waals surface area contributed by atoms with Gasteiger partial charge in [-0.15, -0.1) is 0 Å². The Morgan fingerprint density at radius 1 is 1.17 bits per heavy atom. The number of nitrogens with one attached hydrogen (secondary N) is 1. The maximum absolute atomic E-state index is 11.6. The van der Waals surface area contributed by atoms with Crippen LogP contribution in [0.5, 0.6) is 0 Å². The van der Waals surface area contributed by atoms with Gasteiger partial charge in [-0.25, -0.2) is 4.79 Å². The van der Waals surface area contributed by atoms with Gasteiger partial charge in [-0.05, 0) is 25.0 Å². The van der Waals surface area contributed by atoms with E-state index >= 15 is 0 Å². The van der Waals surface area contributed by atoms with Crippen molar-refractivity contribution in [2.24, 2.45) is 0 Å². The number of carbonyl (C=O) groups excluding carboxylic acids is 1. The molecule has 0 aliphatic heterocycles. The minimum absolute atomic E-state index is 0.235. The van der Waals surface area contributed by atoms with Gasteiger partial charge in [-0.2, -0.15) is 0 Å². The molecule has 98 valence electrons. The number of ether oxygens (including phenoxy) is 1. The van der Waals surface area contributed by atoms with E-state index in [1.54, 1.807) is 12.1 Å². The molecule has 0 atom stereocenters. The van der Waals surface area contributed by atoms with Crippen molar-refractivity contribution in [2.75, 3.05) is 13.2 Å². The van der Waals surface area contributed by atoms with Crippen molar-refractivity contribution in [1.82, 2.24) is 5.32 Å². The van der Waals surface area contributed by atoms with Gasteiger partial charge in [0.25, 0.3) is 0 Å². The Morgan fingerprint density at radius 3 is 2.61 bits per heavy atom. The summed E-state index contributed by atoms with van der Waals surface area (Å²) in [6.45, 7) is 1.20. The lowest BCUT2D eigenvalue weighted by Gasteiger charge is -2.22. The third kappa shape index (κ3) is 4.15. The summed E-state index contributed by atoms with van der Waals surface area (Å²) in [5.74, 6) is -0.235. The second kappa shape index (κ2) is 7.17. The van der Waals surface area contributed by atoms with Crippen LogP contribution in [0.4, 0.5) is 0 Å². The molecule has 0 saturated heterocycles. The highest BCUT2D eigenvalue weighted by Crippen LogP contribution is 2.16. The van der Waals surface area contributed by atoms with Crippen molar-refractivity contribution in [1.29, 1.82) is 0 Å². The number of hydrogen-bond donors (Lipinski definition) is 1. The van der Waals surface area contributed by atoms with Crippen LogP contribution in [0.1, 0.15) is 42.5 Å². The SMILES string of the molecule is O=C(OCCNC1CCCCC1)c1ccccc1. The van der Waals surface area contributed by atoms with Crippen LogP contribution in [0.2, 0.25) is 0 Å². The van der Waals surface area contributed by atoms with Gasteiger partial charge in [-0.1, -0.05) is 37.5 Å². The third-order valence-corrected chi connectivity index (χ3v) is 3.38. The average Bonchev–Trinajstić information content (AvgIpc) is 2.45. The maximum atomic E-state index is 11.6. The number of hydrogen-bond acceptors (Lipinski definition) is 3. The molecular weight excluding hydrogens is 226 g/mol. The predicted octanol–water partition coefficient (Wildman–Crippen LogP) is 2.77. The van der Waals surface area contributed by atoms with Gasteiger partial charge in [0.1, 0.15) is 6.61 Å². The zero-order valence-electron chi connectivity index (χ0n) is 10.7. The van der Waals surface area contributed by atoms with E-state index in [-0.39, 0.29) is 5.97 Å². The summed E-state index contributed by atoms with van der Waals surface area (Å²) >= 11 is 0. The standard InChI is InChI=1S/C15H21NO2/c17-15(13-7-3-1-4-8-13)18-12-11-16-14-9-5-2-6-10-14/h1,3-4,7-8,14,16H,2,5-6,9-12H2. The van der Waals surface area contributed by atoms with E-state index in [2.05, 4.69) is 5.32 Å². The van der Waals surface area contributed by atoms with Gasteiger partial charge in [0.05, 0.1) is 5.56 Å². The van der Waals surface area contributed by atoms with Crippen molar-refractivity contribution in [3.8, 4) is 0 Å². The highest BCUT2D eigenvalue weighted by atomic mass is 16.5. The fourth-order valence-electron chi connectivity index (χ4n) is 2.37. The lowest BCUT2D eigenvalue weighted by atomic mass is 9.96. The molecule has 0 radical (unpaired) electrons. The van der Waals surface area contributed by atoms with Crippen LogP contribution >= 0.6 is 0 Å². The monoisotopic (exact) mass is 247 g/mol. The van der Waals surface area contributed by atoms with E-state index < -0.39 is 0 Å². The van der Waals surface area contributed by atoms with Crippen molar-refractivity contribution >= 4 is 5.97 Å². The molecule has 1 aliphatic carbocycles. The van der Waals surface area contributed by atoms with Crippen LogP contribution in [0, 0.1) is 0 Å². The molecular formula is C15H21NO2. The van der Waals surface area contributed by atoms with Crippen LogP contribution in [-0.4, -0.2) is 25.2 Å². The quantitative estimate of drug-likeness (QED) is 0.642. The Kier molecular flexibility index (Phi) is 5.21. The Labute approximate surface area is 109 Å². The lowest BCUT2D eigenvalue weighted by molar-refractivity contribution is 0.0504. The lowest BCUT2D eigenvalue weighted by Crippen LogP contribution is -2.33. The summed E-state index contributed by atoms with van der Waals surface area (Å²) in [5, 5.41) is 3.45. The molecule has 1 aromatic carbocycles. The van der Waals surface area contributed by atoms with Crippen LogP contribution in [-0.2, 0) is 4.74 Å². The summed E-state index contributed by atoms with van der Waals surface area (Å²) in [6, 6.07) is 9.75. The smallest absolute Gasteiger partial charge is 0.338 e. The number of benzene rings is 1. The fourth-order valence-corrected chi connectivity index (χ4v) is 2.37. The molecule has 0 spiro atoms. The first-order valence-electron chi connectivity index (χ1n) is 6.82. The molecule has 0 heterocycles. The second-order valence-electron chi connectivity index (χ2n) is 4.79. The zero-order valence-corrected chi connectivity index (χ0v) is 10.7. The summed E-state index contributed by atoms with van der Waals surface area (Å²) in [4.78, 5) is 11.6. The van der Waals surface area contributed by atoms with Gasteiger partial charge in [-0.3, -0.25) is 0 Å².